The molecule has 34 nitrogen and oxygen atoms in total. The molecule has 0 saturated carbocycles. The van der Waals surface area contributed by atoms with Crippen molar-refractivity contribution in [3.63, 3.8) is 0 Å². The van der Waals surface area contributed by atoms with Crippen molar-refractivity contribution in [2.24, 2.45) is 41.1 Å². The van der Waals surface area contributed by atoms with E-state index in [9.17, 15) is 78.0 Å². The lowest BCUT2D eigenvalue weighted by atomic mass is 9.89. The molecule has 1 saturated heterocycles. The molecular formula is C65H101BrN16O18. The topological polar surface area (TPSA) is 544 Å². The number of benzene rings is 2. The molecule has 22 N–H and O–H groups in total. The average molecular weight is 1470 g/mol. The average Bonchev–Trinajstić information content (AvgIpc) is 0.808. The zero-order valence-electron chi connectivity index (χ0n) is 58.1. The minimum Gasteiger partial charge on any atom is -0.453 e. The summed E-state index contributed by atoms with van der Waals surface area (Å²) in [5.74, 6) is -17.6. The third-order valence-corrected chi connectivity index (χ3v) is 16.4. The second-order valence-corrected chi connectivity index (χ2v) is 27.0. The molecule has 1 aliphatic rings. The number of carbonyl (C=O) groups is 13. The van der Waals surface area contributed by atoms with Crippen molar-refractivity contribution in [1.29, 1.82) is 5.41 Å². The second-order valence-electron chi connectivity index (χ2n) is 26.0. The summed E-state index contributed by atoms with van der Waals surface area (Å²) in [6.45, 7) is 15.1. The fourth-order valence-corrected chi connectivity index (χ4v) is 10.8. The first-order valence-corrected chi connectivity index (χ1v) is 33.8. The molecule has 0 spiro atoms. The van der Waals surface area contributed by atoms with E-state index in [1.54, 1.807) is 58.9 Å². The molecule has 2 aromatic carbocycles. The van der Waals surface area contributed by atoms with Gasteiger partial charge in [0.05, 0.1) is 31.4 Å². The number of primary amides is 1. The number of rotatable bonds is 24. The van der Waals surface area contributed by atoms with Crippen LogP contribution in [0.4, 0.5) is 10.5 Å². The van der Waals surface area contributed by atoms with Gasteiger partial charge in [0.25, 0.3) is 0 Å². The Balaban J connectivity index is 2.35. The summed E-state index contributed by atoms with van der Waals surface area (Å²) < 4.78 is 6.62. The Morgan fingerprint density at radius 1 is 0.680 bits per heavy atom. The van der Waals surface area contributed by atoms with Gasteiger partial charge in [-0.3, -0.25) is 63.5 Å². The van der Waals surface area contributed by atoms with Crippen LogP contribution in [0.2, 0.25) is 0 Å². The number of nitrogens with one attached hydrogen (secondary N) is 14. The normalized spacial score (nSPS) is 23.6. The van der Waals surface area contributed by atoms with E-state index in [2.05, 4.69) is 74.4 Å². The van der Waals surface area contributed by atoms with Crippen molar-refractivity contribution in [3.05, 3.63) is 64.6 Å². The summed E-state index contributed by atoms with van der Waals surface area (Å²) in [4.78, 5) is 184. The fourth-order valence-electron chi connectivity index (χ4n) is 10.4. The Hall–Kier alpha value is -8.90. The third-order valence-electron chi connectivity index (χ3n) is 16.0. The van der Waals surface area contributed by atoms with Crippen LogP contribution in [0.1, 0.15) is 126 Å². The quantitative estimate of drug-likeness (QED) is 0.0222. The summed E-state index contributed by atoms with van der Waals surface area (Å²) in [7, 11) is 0. The zero-order chi connectivity index (χ0) is 75.4. The molecule has 0 aliphatic carbocycles. The van der Waals surface area contributed by atoms with E-state index >= 15 is 4.79 Å². The molecule has 1 heterocycles. The van der Waals surface area contributed by atoms with Gasteiger partial charge >= 0.3 is 12.0 Å². The fraction of sp³-hybridized carbons (Fsp3) is 0.600. The van der Waals surface area contributed by atoms with Gasteiger partial charge in [-0.2, -0.15) is 0 Å². The first-order valence-electron chi connectivity index (χ1n) is 33.0. The lowest BCUT2D eigenvalue weighted by Crippen LogP contribution is -2.64. The highest BCUT2D eigenvalue weighted by Gasteiger charge is 2.44. The van der Waals surface area contributed by atoms with Crippen LogP contribution >= 0.6 is 15.9 Å². The van der Waals surface area contributed by atoms with Gasteiger partial charge in [-0.25, -0.2) is 9.59 Å². The highest BCUT2D eigenvalue weighted by atomic mass is 79.9. The van der Waals surface area contributed by atoms with Gasteiger partial charge in [0.2, 0.25) is 65.0 Å². The number of aliphatic hydroxyl groups excluding tert-OH is 4. The monoisotopic (exact) mass is 1470 g/mol. The molecule has 556 valence electrons. The van der Waals surface area contributed by atoms with Crippen LogP contribution in [0.15, 0.2) is 59.1 Å². The van der Waals surface area contributed by atoms with Gasteiger partial charge in [0.15, 0.2) is 24.2 Å². The number of halogens is 1. The van der Waals surface area contributed by atoms with Crippen molar-refractivity contribution in [2.75, 3.05) is 25.0 Å². The van der Waals surface area contributed by atoms with Crippen LogP contribution in [0.3, 0.4) is 0 Å². The third kappa shape index (κ3) is 28.0. The van der Waals surface area contributed by atoms with Crippen molar-refractivity contribution in [3.8, 4) is 0 Å². The number of ether oxygens (including phenoxy) is 1. The Bertz CT molecular complexity index is 3160. The van der Waals surface area contributed by atoms with Crippen LogP contribution < -0.4 is 80.6 Å². The number of nitrogens with two attached hydrogens (primary N) is 2. The highest BCUT2D eigenvalue weighted by Crippen LogP contribution is 2.26. The van der Waals surface area contributed by atoms with E-state index in [0.29, 0.717) is 10.2 Å². The molecule has 1 unspecified atom stereocenters. The number of guanidine groups is 1. The predicted molar refractivity (Wildman–Crippen MR) is 368 cm³/mol. The summed E-state index contributed by atoms with van der Waals surface area (Å²) in [6.07, 6.45) is -8.05. The van der Waals surface area contributed by atoms with Gasteiger partial charge in [0.1, 0.15) is 48.3 Å². The molecular weight excluding hydrogens is 1370 g/mol. The molecule has 0 radical (unpaired) electrons. The first-order chi connectivity index (χ1) is 46.9. The van der Waals surface area contributed by atoms with Gasteiger partial charge in [0, 0.05) is 16.7 Å². The van der Waals surface area contributed by atoms with E-state index in [1.165, 1.54) is 37.3 Å². The maximum atomic E-state index is 15.5. The molecule has 3 rings (SSSR count). The van der Waals surface area contributed by atoms with E-state index in [4.69, 9.17) is 21.6 Å². The zero-order valence-corrected chi connectivity index (χ0v) is 59.7. The lowest BCUT2D eigenvalue weighted by Gasteiger charge is -2.34. The molecule has 13 amide bonds. The SMILES string of the molecule is CC[C@H](C)[C@@H]1NC(=O)[C@@H](CCCNC(=N)NC(=O)Nc2cccc(Br)c2)NC(=O)[C@H](C)NC(=O)[C@H]([C@H](O)C(C)CC(C)C)NC(=O)[C@@H](NC(=O)[C@H](CC(C)C)NC(=O)[C@H](N)CC(C)C)[C@@H](c2ccccc2)OC(=O)[C@H](CO)NC(=O)[C@H]([C@H](O)C(N)=O)NC(=O)CNC(=O)[C@H]([C@H](C)O)NC1=O. The number of aliphatic hydroxyl groups is 4. The summed E-state index contributed by atoms with van der Waals surface area (Å²) in [5.41, 5.74) is 11.9. The summed E-state index contributed by atoms with van der Waals surface area (Å²) >= 11 is 3.31. The minimum atomic E-state index is -2.59. The minimum absolute atomic E-state index is 0.0523. The van der Waals surface area contributed by atoms with Gasteiger partial charge in [-0.05, 0) is 99.3 Å². The Morgan fingerprint density at radius 2 is 1.27 bits per heavy atom. The maximum absolute atomic E-state index is 15.5. The number of hydrogen-bond acceptors (Lipinski definition) is 20. The molecule has 16 atom stereocenters. The molecule has 100 heavy (non-hydrogen) atoms. The van der Waals surface area contributed by atoms with Crippen LogP contribution in [-0.4, -0.2) is 202 Å². The molecule has 0 aromatic heterocycles. The van der Waals surface area contributed by atoms with Crippen LogP contribution in [0, 0.1) is 35.0 Å². The van der Waals surface area contributed by atoms with Crippen LogP contribution in [0.5, 0.6) is 0 Å². The van der Waals surface area contributed by atoms with E-state index < -0.39 is 193 Å². The lowest BCUT2D eigenvalue weighted by molar-refractivity contribution is -0.159. The molecule has 2 aromatic rings. The van der Waals surface area contributed by atoms with Crippen molar-refractivity contribution in [2.45, 2.75) is 200 Å². The number of esters is 1. The Kier molecular flexibility index (Phi) is 35.5. The smallest absolute Gasteiger partial charge is 0.331 e. The molecule has 0 bridgehead atoms. The van der Waals surface area contributed by atoms with E-state index in [0.717, 1.165) is 6.92 Å². The number of cyclic esters (lactones) is 1. The van der Waals surface area contributed by atoms with Crippen molar-refractivity contribution < 1.29 is 87.5 Å². The van der Waals surface area contributed by atoms with E-state index in [1.807, 2.05) is 38.3 Å². The van der Waals surface area contributed by atoms with Crippen molar-refractivity contribution >= 4 is 105 Å². The standard InChI is InChI=1S/C65H101BrN16O18/c1-12-33(8)45-59(94)79-46(36(11)84)58(93)71-28-44(85)77-48(51(87)53(68)88)61(96)76-43(29-83)63(98)100-52(37-18-14-13-15-19-37)49(81-57(92)42(26-32(6)7)75-55(90)40(67)25-31(4)5)62(97)80-47(50(86)34(9)24-30(2)3)60(95)72-35(10)54(89)74-41(56(91)78-45)22-17-23-70-64(69)82-65(99)73-39-21-16-20-38(66)27-39/h13-16,18-21,27,30-36,40-43,45-52,83-84,86-87H,12,17,22-26,28-29,67H2,1-11H3,(H2,68,88)(H,71,93)(H,72,95)(H,74,89)(H,75,90)(H,76,96)(H,77,85)(H,78,91)(H,79,94)(H,80,97)(H,81,92)(H4,69,70,73,82,99)/t33-,34?,35-,36-,40+,41+,42-,43-,45-,46-,47-,48-,49-,50+,51-,52+/m0/s1. The Morgan fingerprint density at radius 3 is 1.85 bits per heavy atom. The summed E-state index contributed by atoms with van der Waals surface area (Å²) in [5, 5.41) is 84.3. The number of anilines is 1. The van der Waals surface area contributed by atoms with Crippen molar-refractivity contribution in [1.82, 2.24) is 63.8 Å². The summed E-state index contributed by atoms with van der Waals surface area (Å²) in [6, 6.07) is -5.36. The van der Waals surface area contributed by atoms with Crippen LogP contribution in [-0.2, 0) is 62.3 Å². The van der Waals surface area contributed by atoms with E-state index in [-0.39, 0.29) is 68.4 Å². The number of urea groups is 1. The largest absolute Gasteiger partial charge is 0.453 e. The van der Waals surface area contributed by atoms with Crippen LogP contribution in [0.25, 0.3) is 0 Å². The second kappa shape index (κ2) is 41.6. The van der Waals surface area contributed by atoms with Gasteiger partial charge < -0.3 is 100 Å². The number of hydrogen-bond donors (Lipinski definition) is 20. The maximum Gasteiger partial charge on any atom is 0.331 e. The van der Waals surface area contributed by atoms with Gasteiger partial charge in [-0.1, -0.05) is 121 Å². The number of amides is 13. The number of carbonyl (C=O) groups excluding carboxylic acids is 13. The molecule has 1 aliphatic heterocycles. The highest BCUT2D eigenvalue weighted by molar-refractivity contribution is 9.10. The predicted octanol–water partition coefficient (Wildman–Crippen LogP) is -2.60. The first kappa shape index (κ1) is 85.3. The Labute approximate surface area is 589 Å². The molecule has 1 fully saturated rings. The van der Waals surface area contributed by atoms with Gasteiger partial charge in [-0.15, -0.1) is 0 Å². The molecule has 35 heteroatoms.